The van der Waals surface area contributed by atoms with Gasteiger partial charge in [-0.1, -0.05) is 30.3 Å². The van der Waals surface area contributed by atoms with Gasteiger partial charge in [0.1, 0.15) is 6.61 Å². The molecule has 1 saturated heterocycles. The summed E-state index contributed by atoms with van der Waals surface area (Å²) >= 11 is 0. The van der Waals surface area contributed by atoms with E-state index in [9.17, 15) is 4.79 Å². The highest BCUT2D eigenvalue weighted by molar-refractivity contribution is 6.06. The van der Waals surface area contributed by atoms with Gasteiger partial charge in [-0.3, -0.25) is 15.0 Å². The van der Waals surface area contributed by atoms with Crippen LogP contribution in [0.1, 0.15) is 10.4 Å². The summed E-state index contributed by atoms with van der Waals surface area (Å²) in [5.41, 5.74) is 6.22. The van der Waals surface area contributed by atoms with E-state index in [0.29, 0.717) is 12.2 Å². The average molecular weight is 342 g/mol. The van der Waals surface area contributed by atoms with Crippen molar-refractivity contribution >= 4 is 22.6 Å². The zero-order chi connectivity index (χ0) is 17.5. The number of hydrogen-bond donors (Lipinski definition) is 2. The Morgan fingerprint density at radius 3 is 2.76 bits per heavy atom. The third-order valence-electron chi connectivity index (χ3n) is 4.02. The Hall–Kier alpha value is -2.64. The molecule has 1 heterocycles. The molecule has 1 aliphatic rings. The van der Waals surface area contributed by atoms with Crippen molar-refractivity contribution in [1.29, 1.82) is 0 Å². The number of hydrogen-bond acceptors (Lipinski definition) is 5. The maximum atomic E-state index is 12.2. The quantitative estimate of drug-likeness (QED) is 0.368. The van der Waals surface area contributed by atoms with Crippen molar-refractivity contribution in [3.8, 4) is 0 Å². The highest BCUT2D eigenvalue weighted by atomic mass is 16.6. The molecule has 2 aromatic rings. The summed E-state index contributed by atoms with van der Waals surface area (Å²) in [5.74, 6) is -0.371. The van der Waals surface area contributed by atoms with Crippen LogP contribution in [0.15, 0.2) is 47.6 Å². The normalized spacial score (nSPS) is 15.9. The second-order valence-corrected chi connectivity index (χ2v) is 5.78. The number of nitrogens with one attached hydrogen (secondary N) is 1. The summed E-state index contributed by atoms with van der Waals surface area (Å²) < 4.78 is 5.28. The number of morpholine rings is 1. The lowest BCUT2D eigenvalue weighted by Gasteiger charge is -2.25. The zero-order valence-corrected chi connectivity index (χ0v) is 14.0. The van der Waals surface area contributed by atoms with Crippen LogP contribution in [-0.4, -0.2) is 56.2 Å². The van der Waals surface area contributed by atoms with Crippen LogP contribution in [-0.2, 0) is 9.57 Å². The lowest BCUT2D eigenvalue weighted by molar-refractivity contribution is 0.0210. The molecule has 0 bridgehead atoms. The van der Waals surface area contributed by atoms with Gasteiger partial charge >= 0.3 is 0 Å². The Morgan fingerprint density at radius 1 is 1.20 bits per heavy atom. The van der Waals surface area contributed by atoms with Gasteiger partial charge in [0.15, 0.2) is 0 Å². The number of amides is 1. The van der Waals surface area contributed by atoms with E-state index < -0.39 is 0 Å². The van der Waals surface area contributed by atoms with Crippen molar-refractivity contribution in [3.05, 3.63) is 48.0 Å². The molecule has 7 heteroatoms. The number of guanidine groups is 1. The summed E-state index contributed by atoms with van der Waals surface area (Å²) in [5, 5.41) is 8.34. The summed E-state index contributed by atoms with van der Waals surface area (Å²) in [6.07, 6.45) is 0. The summed E-state index contributed by atoms with van der Waals surface area (Å²) in [6.45, 7) is 4.42. The van der Waals surface area contributed by atoms with Gasteiger partial charge in [0.25, 0.3) is 5.91 Å². The van der Waals surface area contributed by atoms with E-state index in [2.05, 4.69) is 15.4 Å². The molecule has 0 radical (unpaired) electrons. The van der Waals surface area contributed by atoms with Crippen molar-refractivity contribution < 1.29 is 14.4 Å². The van der Waals surface area contributed by atoms with E-state index in [0.717, 1.165) is 43.6 Å². The van der Waals surface area contributed by atoms with Crippen LogP contribution in [0.3, 0.4) is 0 Å². The molecule has 1 aliphatic heterocycles. The maximum absolute atomic E-state index is 12.2. The topological polar surface area (TPSA) is 89.2 Å². The van der Waals surface area contributed by atoms with E-state index in [-0.39, 0.29) is 11.9 Å². The molecule has 132 valence electrons. The first-order valence-corrected chi connectivity index (χ1v) is 8.28. The van der Waals surface area contributed by atoms with Crippen molar-refractivity contribution in [2.75, 3.05) is 39.5 Å². The highest BCUT2D eigenvalue weighted by Gasteiger charge is 2.10. The molecular weight excluding hydrogens is 320 g/mol. The first-order chi connectivity index (χ1) is 12.2. The monoisotopic (exact) mass is 342 g/mol. The molecule has 0 aromatic heterocycles. The fourth-order valence-electron chi connectivity index (χ4n) is 2.65. The standard InChI is InChI=1S/C18H22N4O3/c19-18(21-25-12-9-22-7-10-24-11-8-22)20-17(23)16-6-5-14-3-1-2-4-15(14)13-16/h1-6,13H,7-12H2,(H3,19,20,21,23). The van der Waals surface area contributed by atoms with Crippen LogP contribution in [0.25, 0.3) is 10.8 Å². The molecule has 7 nitrogen and oxygen atoms in total. The number of benzene rings is 2. The predicted molar refractivity (Wildman–Crippen MR) is 96.2 cm³/mol. The van der Waals surface area contributed by atoms with Gasteiger partial charge < -0.3 is 15.3 Å². The van der Waals surface area contributed by atoms with E-state index >= 15 is 0 Å². The van der Waals surface area contributed by atoms with Gasteiger partial charge in [0, 0.05) is 25.2 Å². The molecule has 2 aromatic carbocycles. The molecule has 0 atom stereocenters. The molecule has 0 spiro atoms. The molecule has 25 heavy (non-hydrogen) atoms. The Kier molecular flexibility index (Phi) is 5.81. The summed E-state index contributed by atoms with van der Waals surface area (Å²) in [4.78, 5) is 19.6. The number of oxime groups is 1. The van der Waals surface area contributed by atoms with Crippen molar-refractivity contribution in [3.63, 3.8) is 0 Å². The van der Waals surface area contributed by atoms with E-state index in [1.165, 1.54) is 0 Å². The molecule has 0 unspecified atom stereocenters. The Morgan fingerprint density at radius 2 is 1.96 bits per heavy atom. The number of nitrogens with two attached hydrogens (primary N) is 1. The van der Waals surface area contributed by atoms with Gasteiger partial charge in [-0.05, 0) is 28.1 Å². The molecule has 1 amide bonds. The molecule has 0 saturated carbocycles. The first kappa shape index (κ1) is 17.2. The molecule has 3 N–H and O–H groups in total. The van der Waals surface area contributed by atoms with E-state index in [4.69, 9.17) is 15.3 Å². The third kappa shape index (κ3) is 4.91. The number of ether oxygens (including phenoxy) is 1. The predicted octanol–water partition coefficient (Wildman–Crippen LogP) is 1.15. The van der Waals surface area contributed by atoms with Crippen molar-refractivity contribution in [2.24, 2.45) is 10.9 Å². The van der Waals surface area contributed by atoms with Gasteiger partial charge in [-0.15, -0.1) is 0 Å². The average Bonchev–Trinajstić information content (AvgIpc) is 2.65. The molecule has 3 rings (SSSR count). The lowest BCUT2D eigenvalue weighted by atomic mass is 10.1. The number of carbonyl (C=O) groups excluding carboxylic acids is 1. The van der Waals surface area contributed by atoms with Crippen molar-refractivity contribution in [2.45, 2.75) is 0 Å². The van der Waals surface area contributed by atoms with Crippen LogP contribution >= 0.6 is 0 Å². The molecule has 1 fully saturated rings. The number of carbonyl (C=O) groups is 1. The van der Waals surface area contributed by atoms with Gasteiger partial charge in [0.2, 0.25) is 5.96 Å². The van der Waals surface area contributed by atoms with E-state index in [1.54, 1.807) is 6.07 Å². The largest absolute Gasteiger partial charge is 0.391 e. The fraction of sp³-hybridized carbons (Fsp3) is 0.333. The minimum Gasteiger partial charge on any atom is -0.391 e. The molecular formula is C18H22N4O3. The second-order valence-electron chi connectivity index (χ2n) is 5.78. The van der Waals surface area contributed by atoms with Gasteiger partial charge in [-0.25, -0.2) is 0 Å². The minimum absolute atomic E-state index is 0.0554. The van der Waals surface area contributed by atoms with E-state index in [1.807, 2.05) is 36.4 Å². The van der Waals surface area contributed by atoms with Crippen LogP contribution < -0.4 is 11.1 Å². The van der Waals surface area contributed by atoms with Crippen LogP contribution in [0.4, 0.5) is 0 Å². The third-order valence-corrected chi connectivity index (χ3v) is 4.02. The fourth-order valence-corrected chi connectivity index (χ4v) is 2.65. The number of nitrogens with zero attached hydrogens (tertiary/aromatic N) is 2. The summed E-state index contributed by atoms with van der Waals surface area (Å²) in [6, 6.07) is 13.3. The Labute approximate surface area is 146 Å². The maximum Gasteiger partial charge on any atom is 0.258 e. The highest BCUT2D eigenvalue weighted by Crippen LogP contribution is 2.15. The Bertz CT molecular complexity index is 757. The lowest BCUT2D eigenvalue weighted by Crippen LogP contribution is -2.39. The second kappa shape index (κ2) is 8.46. The molecule has 0 aliphatic carbocycles. The minimum atomic E-state index is -0.316. The van der Waals surface area contributed by atoms with Crippen molar-refractivity contribution in [1.82, 2.24) is 10.2 Å². The number of rotatable bonds is 5. The Balaban J connectivity index is 1.48. The smallest absolute Gasteiger partial charge is 0.258 e. The SMILES string of the molecule is NC(=NOCCN1CCOCC1)NC(=O)c1ccc2ccccc2c1. The van der Waals surface area contributed by atoms with Crippen LogP contribution in [0, 0.1) is 0 Å². The van der Waals surface area contributed by atoms with Crippen LogP contribution in [0.2, 0.25) is 0 Å². The summed E-state index contributed by atoms with van der Waals surface area (Å²) in [7, 11) is 0. The zero-order valence-electron chi connectivity index (χ0n) is 14.0. The van der Waals surface area contributed by atoms with Crippen LogP contribution in [0.5, 0.6) is 0 Å². The number of fused-ring (bicyclic) bond motifs is 1. The first-order valence-electron chi connectivity index (χ1n) is 8.28. The van der Waals surface area contributed by atoms with Gasteiger partial charge in [0.05, 0.1) is 13.2 Å². The van der Waals surface area contributed by atoms with Gasteiger partial charge in [-0.2, -0.15) is 0 Å².